The first-order valence-electron chi connectivity index (χ1n) is 6.98. The van der Waals surface area contributed by atoms with Gasteiger partial charge in [-0.05, 0) is 33.6 Å². The number of carbonyl (C=O) groups is 1. The van der Waals surface area contributed by atoms with Crippen LogP contribution in [-0.4, -0.2) is 5.78 Å². The second kappa shape index (κ2) is 4.33. The summed E-state index contributed by atoms with van der Waals surface area (Å²) in [5.41, 5.74) is 4.72. The molecule has 0 aliphatic heterocycles. The summed E-state index contributed by atoms with van der Waals surface area (Å²) in [5.74, 6) is 0.267. The Hall–Kier alpha value is -1.37. The van der Waals surface area contributed by atoms with Crippen molar-refractivity contribution in [3.8, 4) is 0 Å². The van der Waals surface area contributed by atoms with Gasteiger partial charge in [-0.1, -0.05) is 59.7 Å². The second-order valence-corrected chi connectivity index (χ2v) is 7.57. The molecule has 0 heterocycles. The van der Waals surface area contributed by atoms with Crippen molar-refractivity contribution in [2.24, 2.45) is 5.41 Å². The molecule has 2 rings (SSSR count). The Labute approximate surface area is 116 Å². The molecule has 0 atom stereocenters. The molecule has 102 valence electrons. The molecule has 1 aliphatic rings. The van der Waals surface area contributed by atoms with E-state index in [-0.39, 0.29) is 16.6 Å². The van der Waals surface area contributed by atoms with E-state index in [1.807, 2.05) is 0 Å². The maximum Gasteiger partial charge on any atom is 0.163 e. The third-order valence-corrected chi connectivity index (χ3v) is 3.77. The number of carbonyl (C=O) groups excluding carboxylic acids is 1. The first-order valence-corrected chi connectivity index (χ1v) is 6.98. The van der Waals surface area contributed by atoms with Gasteiger partial charge < -0.3 is 0 Å². The minimum absolute atomic E-state index is 0.0769. The smallest absolute Gasteiger partial charge is 0.163 e. The molecule has 0 saturated heterocycles. The Morgan fingerprint density at radius 1 is 0.947 bits per heavy atom. The van der Waals surface area contributed by atoms with Gasteiger partial charge in [0.15, 0.2) is 5.78 Å². The average Bonchev–Trinajstić information content (AvgIpc) is 2.24. The molecule has 1 nitrogen and oxygen atoms in total. The fraction of sp³-hybridized carbons (Fsp3) is 0.500. The van der Waals surface area contributed by atoms with Crippen LogP contribution in [0, 0.1) is 5.41 Å². The molecule has 0 amide bonds. The zero-order valence-corrected chi connectivity index (χ0v) is 12.9. The number of Topliss-reactive ketones (excluding diaryl/α,β-unsaturated/α-hetero) is 1. The predicted molar refractivity (Wildman–Crippen MR) is 81.3 cm³/mol. The Morgan fingerprint density at radius 3 is 2.11 bits per heavy atom. The van der Waals surface area contributed by atoms with Crippen LogP contribution in [0.5, 0.6) is 0 Å². The highest BCUT2D eigenvalue weighted by atomic mass is 16.1. The largest absolute Gasteiger partial charge is 0.294 e. The highest BCUT2D eigenvalue weighted by Gasteiger charge is 2.28. The fourth-order valence-electron chi connectivity index (χ4n) is 2.50. The molecular formula is C18H24O. The predicted octanol–water partition coefficient (Wildman–Crippen LogP) is 4.54. The first kappa shape index (κ1) is 14.0. The SMILES string of the molecule is CC(C)(C)C1=Cc2cc(C(C)(C)C)ccc2CC1=O. The van der Waals surface area contributed by atoms with E-state index in [0.29, 0.717) is 6.42 Å². The van der Waals surface area contributed by atoms with Gasteiger partial charge >= 0.3 is 0 Å². The summed E-state index contributed by atoms with van der Waals surface area (Å²) in [4.78, 5) is 12.2. The van der Waals surface area contributed by atoms with Crippen LogP contribution in [0.1, 0.15) is 58.2 Å². The highest BCUT2D eigenvalue weighted by Crippen LogP contribution is 2.35. The van der Waals surface area contributed by atoms with Crippen molar-refractivity contribution in [3.63, 3.8) is 0 Å². The Balaban J connectivity index is 2.54. The number of benzene rings is 1. The summed E-state index contributed by atoms with van der Waals surface area (Å²) in [6, 6.07) is 6.51. The maximum atomic E-state index is 12.2. The minimum Gasteiger partial charge on any atom is -0.294 e. The molecule has 1 heteroatoms. The van der Waals surface area contributed by atoms with Gasteiger partial charge in [0.1, 0.15) is 0 Å². The van der Waals surface area contributed by atoms with Crippen LogP contribution in [0.15, 0.2) is 23.8 Å². The lowest BCUT2D eigenvalue weighted by Crippen LogP contribution is -2.23. The van der Waals surface area contributed by atoms with E-state index in [1.165, 1.54) is 11.1 Å². The van der Waals surface area contributed by atoms with Crippen LogP contribution in [0.3, 0.4) is 0 Å². The van der Waals surface area contributed by atoms with Crippen LogP contribution < -0.4 is 0 Å². The molecule has 1 aromatic carbocycles. The topological polar surface area (TPSA) is 17.1 Å². The number of rotatable bonds is 0. The summed E-state index contributed by atoms with van der Waals surface area (Å²) >= 11 is 0. The Bertz CT molecular complexity index is 548. The van der Waals surface area contributed by atoms with Crippen molar-refractivity contribution in [2.45, 2.75) is 53.4 Å². The van der Waals surface area contributed by atoms with Gasteiger partial charge in [-0.15, -0.1) is 0 Å². The monoisotopic (exact) mass is 256 g/mol. The minimum atomic E-state index is -0.0769. The van der Waals surface area contributed by atoms with E-state index in [0.717, 1.165) is 11.1 Å². The van der Waals surface area contributed by atoms with E-state index in [2.05, 4.69) is 65.8 Å². The summed E-state index contributed by atoms with van der Waals surface area (Å²) in [5, 5.41) is 0. The van der Waals surface area contributed by atoms with E-state index in [9.17, 15) is 4.79 Å². The van der Waals surface area contributed by atoms with Gasteiger partial charge in [-0.25, -0.2) is 0 Å². The van der Waals surface area contributed by atoms with Crippen LogP contribution in [0.25, 0.3) is 6.08 Å². The van der Waals surface area contributed by atoms with Gasteiger partial charge in [0.2, 0.25) is 0 Å². The van der Waals surface area contributed by atoms with Crippen molar-refractivity contribution in [3.05, 3.63) is 40.5 Å². The number of allylic oxidation sites excluding steroid dienone is 1. The molecule has 0 spiro atoms. The van der Waals surface area contributed by atoms with Crippen LogP contribution in [-0.2, 0) is 16.6 Å². The Kier molecular flexibility index (Phi) is 3.20. The van der Waals surface area contributed by atoms with Crippen LogP contribution >= 0.6 is 0 Å². The molecule has 0 N–H and O–H groups in total. The van der Waals surface area contributed by atoms with E-state index < -0.39 is 0 Å². The molecule has 0 unspecified atom stereocenters. The fourth-order valence-corrected chi connectivity index (χ4v) is 2.50. The van der Waals surface area contributed by atoms with Crippen molar-refractivity contribution in [1.82, 2.24) is 0 Å². The highest BCUT2D eigenvalue weighted by molar-refractivity contribution is 6.04. The molecule has 19 heavy (non-hydrogen) atoms. The summed E-state index contributed by atoms with van der Waals surface area (Å²) in [6.07, 6.45) is 2.64. The molecule has 1 aromatic rings. The third kappa shape index (κ3) is 2.80. The summed E-state index contributed by atoms with van der Waals surface area (Å²) in [7, 11) is 0. The molecule has 0 radical (unpaired) electrons. The lowest BCUT2D eigenvalue weighted by atomic mass is 9.76. The average molecular weight is 256 g/mol. The zero-order valence-electron chi connectivity index (χ0n) is 12.9. The second-order valence-electron chi connectivity index (χ2n) is 7.57. The maximum absolute atomic E-state index is 12.2. The quantitative estimate of drug-likeness (QED) is 0.666. The zero-order chi connectivity index (χ0) is 14.4. The lowest BCUT2D eigenvalue weighted by molar-refractivity contribution is -0.115. The number of hydrogen-bond donors (Lipinski definition) is 0. The van der Waals surface area contributed by atoms with E-state index in [4.69, 9.17) is 0 Å². The summed E-state index contributed by atoms with van der Waals surface area (Å²) in [6.45, 7) is 13.0. The van der Waals surface area contributed by atoms with E-state index in [1.54, 1.807) is 0 Å². The summed E-state index contributed by atoms with van der Waals surface area (Å²) < 4.78 is 0. The van der Waals surface area contributed by atoms with Crippen LogP contribution in [0.4, 0.5) is 0 Å². The number of fused-ring (bicyclic) bond motifs is 1. The molecular weight excluding hydrogens is 232 g/mol. The number of hydrogen-bond acceptors (Lipinski definition) is 1. The molecule has 1 aliphatic carbocycles. The molecule has 0 aromatic heterocycles. The lowest BCUT2D eigenvalue weighted by Gasteiger charge is -2.27. The van der Waals surface area contributed by atoms with Gasteiger partial charge in [0.05, 0.1) is 0 Å². The first-order chi connectivity index (χ1) is 8.59. The third-order valence-electron chi connectivity index (χ3n) is 3.77. The van der Waals surface area contributed by atoms with Crippen molar-refractivity contribution in [2.75, 3.05) is 0 Å². The Morgan fingerprint density at radius 2 is 1.58 bits per heavy atom. The van der Waals surface area contributed by atoms with Crippen molar-refractivity contribution >= 4 is 11.9 Å². The van der Waals surface area contributed by atoms with Gasteiger partial charge in [0, 0.05) is 12.0 Å². The normalized spacial score (nSPS) is 16.1. The molecule has 0 fully saturated rings. The van der Waals surface area contributed by atoms with Crippen LogP contribution in [0.2, 0.25) is 0 Å². The van der Waals surface area contributed by atoms with Gasteiger partial charge in [-0.3, -0.25) is 4.79 Å². The molecule has 0 bridgehead atoms. The van der Waals surface area contributed by atoms with Gasteiger partial charge in [0.25, 0.3) is 0 Å². The standard InChI is InChI=1S/C18H24O/c1-17(2,3)14-8-7-12-11-16(19)15(18(4,5)6)10-13(12)9-14/h7-10H,11H2,1-6H3. The molecule has 0 saturated carbocycles. The van der Waals surface area contributed by atoms with E-state index >= 15 is 0 Å². The number of ketones is 1. The van der Waals surface area contributed by atoms with Crippen molar-refractivity contribution in [1.29, 1.82) is 0 Å². The van der Waals surface area contributed by atoms with Gasteiger partial charge in [-0.2, -0.15) is 0 Å². The van der Waals surface area contributed by atoms with Crippen molar-refractivity contribution < 1.29 is 4.79 Å².